The highest BCUT2D eigenvalue weighted by atomic mass is 16.6. The number of nitrogens with one attached hydrogen (secondary N) is 1. The van der Waals surface area contributed by atoms with E-state index in [2.05, 4.69) is 5.32 Å². The number of benzene rings is 5. The van der Waals surface area contributed by atoms with Gasteiger partial charge in [0.2, 0.25) is 0 Å². The van der Waals surface area contributed by atoms with Crippen LogP contribution in [0.4, 0.5) is 5.69 Å². The molecule has 58 heavy (non-hydrogen) atoms. The van der Waals surface area contributed by atoms with Crippen molar-refractivity contribution in [3.8, 4) is 11.5 Å². The van der Waals surface area contributed by atoms with Gasteiger partial charge in [0.15, 0.2) is 22.4 Å². The summed E-state index contributed by atoms with van der Waals surface area (Å²) in [5.74, 6) is -1.84. The van der Waals surface area contributed by atoms with E-state index in [-0.39, 0.29) is 58.9 Å². The molecule has 0 aromatic heterocycles. The van der Waals surface area contributed by atoms with Crippen LogP contribution in [0.25, 0.3) is 49.2 Å². The molecule has 5 aromatic carbocycles. The molecule has 0 aliphatic heterocycles. The number of phenolic OH excluding ortho intramolecular Hbond substituents is 1. The molecule has 1 unspecified atom stereocenters. The van der Waals surface area contributed by atoms with E-state index < -0.39 is 30.3 Å². The van der Waals surface area contributed by atoms with E-state index in [1.54, 1.807) is 20.1 Å². The first-order valence-corrected chi connectivity index (χ1v) is 19.8. The first kappa shape index (κ1) is 40.8. The summed E-state index contributed by atoms with van der Waals surface area (Å²) >= 11 is 0. The zero-order valence-electron chi connectivity index (χ0n) is 33.2. The Morgan fingerprint density at radius 2 is 1.57 bits per heavy atom. The molecule has 0 amide bonds. The Morgan fingerprint density at radius 1 is 0.879 bits per heavy atom. The fraction of sp³-hybridized carbons (Fsp3) is 0.444. The zero-order valence-corrected chi connectivity index (χ0v) is 33.2. The average Bonchev–Trinajstić information content (AvgIpc) is 3.34. The van der Waals surface area contributed by atoms with Crippen LogP contribution in [-0.2, 0) is 48.2 Å². The van der Waals surface area contributed by atoms with E-state index in [0.29, 0.717) is 123 Å². The summed E-state index contributed by atoms with van der Waals surface area (Å²) in [7, 11) is 2.92. The summed E-state index contributed by atoms with van der Waals surface area (Å²) in [6.45, 7) is 3.61. The number of Topliss-reactive ketones (excluding diaryl/α,β-unsaturated/α-hetero) is 1. The van der Waals surface area contributed by atoms with Crippen molar-refractivity contribution in [2.24, 2.45) is 11.8 Å². The topological polar surface area (TPSA) is 195 Å². The molecule has 306 valence electrons. The van der Waals surface area contributed by atoms with Crippen LogP contribution in [0.5, 0.6) is 11.5 Å². The molecule has 7 rings (SSSR count). The molecule has 0 heterocycles. The first-order valence-electron chi connectivity index (χ1n) is 19.8. The number of esters is 1. The van der Waals surface area contributed by atoms with Gasteiger partial charge in [0.05, 0.1) is 56.1 Å². The van der Waals surface area contributed by atoms with Crippen LogP contribution in [0.3, 0.4) is 0 Å². The van der Waals surface area contributed by atoms with Gasteiger partial charge in [-0.25, -0.2) is 0 Å². The number of hydrogen-bond donors (Lipinski definition) is 4. The molecule has 0 radical (unpaired) electrons. The van der Waals surface area contributed by atoms with Crippen molar-refractivity contribution >= 4 is 73.1 Å². The number of methoxy groups -OCH3 is 2. The number of allylic oxidation sites excluding steroid dienone is 1. The number of ether oxygens (including phenoxy) is 4. The number of aliphatic hydroxyl groups is 2. The smallest absolute Gasteiger partial charge is 0.309 e. The third-order valence-corrected chi connectivity index (χ3v) is 12.2. The lowest BCUT2D eigenvalue weighted by atomic mass is 9.77. The molecule has 4 N–H and O–H groups in total. The molecule has 1 saturated carbocycles. The maximum absolute atomic E-state index is 15.3. The van der Waals surface area contributed by atoms with Crippen molar-refractivity contribution in [1.29, 1.82) is 0 Å². The molecule has 0 bridgehead atoms. The number of aromatic hydroxyl groups is 1. The summed E-state index contributed by atoms with van der Waals surface area (Å²) in [4.78, 5) is 66.6. The number of carbonyl (C=O) groups excluding carboxylic acids is 3. The number of phenols is 1. The normalized spacial score (nSPS) is 17.9. The van der Waals surface area contributed by atoms with E-state index in [9.17, 15) is 34.5 Å². The lowest BCUT2D eigenvalue weighted by Gasteiger charge is -2.28. The first-order chi connectivity index (χ1) is 28.0. The highest BCUT2D eigenvalue weighted by Gasteiger charge is 2.37. The summed E-state index contributed by atoms with van der Waals surface area (Å²) in [6, 6.07) is 2.96. The number of carbonyl (C=O) groups is 3. The van der Waals surface area contributed by atoms with Crippen LogP contribution in [0.1, 0.15) is 86.1 Å². The van der Waals surface area contributed by atoms with Gasteiger partial charge in [-0.1, -0.05) is 11.6 Å². The van der Waals surface area contributed by atoms with Gasteiger partial charge in [0, 0.05) is 41.2 Å². The van der Waals surface area contributed by atoms with Crippen LogP contribution in [-0.4, -0.2) is 74.1 Å². The summed E-state index contributed by atoms with van der Waals surface area (Å²) in [5.41, 5.74) is 2.34. The monoisotopic (exact) mass is 795 g/mol. The predicted molar refractivity (Wildman–Crippen MR) is 220 cm³/mol. The van der Waals surface area contributed by atoms with Crippen LogP contribution in [0.15, 0.2) is 27.3 Å². The quantitative estimate of drug-likeness (QED) is 0.0300. The second kappa shape index (κ2) is 16.8. The van der Waals surface area contributed by atoms with E-state index in [1.807, 2.05) is 6.08 Å². The van der Waals surface area contributed by atoms with Crippen molar-refractivity contribution in [3.63, 3.8) is 0 Å². The van der Waals surface area contributed by atoms with Gasteiger partial charge < -0.3 is 39.6 Å². The number of anilines is 1. The molecule has 13 nitrogen and oxygen atoms in total. The molecular weight excluding hydrogens is 746 g/mol. The van der Waals surface area contributed by atoms with Gasteiger partial charge >= 0.3 is 5.97 Å². The summed E-state index contributed by atoms with van der Waals surface area (Å²) in [5, 5.41) is 40.0. The number of fused-ring (bicyclic) bond motifs is 1. The van der Waals surface area contributed by atoms with E-state index in [4.69, 9.17) is 18.9 Å². The number of aliphatic hydroxyl groups excluding tert-OH is 2. The van der Waals surface area contributed by atoms with E-state index in [0.717, 1.165) is 12.8 Å². The van der Waals surface area contributed by atoms with Gasteiger partial charge in [-0.2, -0.15) is 0 Å². The van der Waals surface area contributed by atoms with E-state index >= 15 is 4.79 Å². The lowest BCUT2D eigenvalue weighted by molar-refractivity contribution is -0.151. The van der Waals surface area contributed by atoms with Gasteiger partial charge in [0.25, 0.3) is 6.47 Å². The van der Waals surface area contributed by atoms with Crippen molar-refractivity contribution in [1.82, 2.24) is 0 Å². The Labute approximate surface area is 334 Å². The fourth-order valence-electron chi connectivity index (χ4n) is 9.71. The second-order valence-corrected chi connectivity index (χ2v) is 15.5. The molecule has 5 aromatic rings. The third-order valence-electron chi connectivity index (χ3n) is 12.2. The molecule has 2 aliphatic rings. The van der Waals surface area contributed by atoms with Crippen LogP contribution < -0.4 is 20.9 Å². The maximum atomic E-state index is 15.3. The highest BCUT2D eigenvalue weighted by Crippen LogP contribution is 2.55. The third kappa shape index (κ3) is 6.78. The Morgan fingerprint density at radius 3 is 2.21 bits per heavy atom. The van der Waals surface area contributed by atoms with Crippen LogP contribution >= 0.6 is 0 Å². The highest BCUT2D eigenvalue weighted by molar-refractivity contribution is 6.39. The van der Waals surface area contributed by atoms with Gasteiger partial charge in [-0.3, -0.25) is 24.0 Å². The number of hydrogen-bond acceptors (Lipinski definition) is 13. The van der Waals surface area contributed by atoms with Crippen molar-refractivity contribution < 1.29 is 48.7 Å². The van der Waals surface area contributed by atoms with Crippen molar-refractivity contribution in [2.45, 2.75) is 77.9 Å². The van der Waals surface area contributed by atoms with Crippen LogP contribution in [0, 0.1) is 11.8 Å². The molecule has 13 heteroatoms. The molecule has 0 saturated heterocycles. The zero-order chi connectivity index (χ0) is 41.4. The largest absolute Gasteiger partial charge is 0.504 e. The van der Waals surface area contributed by atoms with Crippen LogP contribution in [0.2, 0.25) is 0 Å². The number of rotatable bonds is 17. The van der Waals surface area contributed by atoms with Gasteiger partial charge in [-0.15, -0.1) is 0 Å². The Bertz CT molecular complexity index is 2570. The maximum Gasteiger partial charge on any atom is 0.309 e. The van der Waals surface area contributed by atoms with E-state index in [1.165, 1.54) is 20.1 Å². The summed E-state index contributed by atoms with van der Waals surface area (Å²) in [6.07, 6.45) is 6.19. The minimum Gasteiger partial charge on any atom is -0.504 e. The SMILES string of the molecule is COCCOC(=O)C1CCC(CCc2c3c4c5c(c(OC)c(O)c6c(=O)cc(CO)c(c7c(CO)cc(NCCCOC=O)c(c2=O)c74)c65)C(C(C)=O)C(C)=C3)CC1. The minimum absolute atomic E-state index is 0.0307. The molecule has 0 spiro atoms. The minimum atomic E-state index is -0.928. The molecule has 1 fully saturated rings. The van der Waals surface area contributed by atoms with Crippen molar-refractivity contribution in [2.75, 3.05) is 45.9 Å². The fourth-order valence-corrected chi connectivity index (χ4v) is 9.71. The standard InChI is InChI=1S/C45H49NO12/c1-22-16-29-28(11-8-24-6-9-25(10-7-24)45(54)58-15-14-55-3)42(52)36-30(46-12-5-13-57-21-49)17-26(19-47)33-34-27(20-48)18-31(51)37-39(34)40(35(29)38(33)36)41(32(22)23(2)50)44(56-4)43(37)53/h16-18,21,24-25,32,46-48,53H,5-15,19-20H2,1-4H3. The van der Waals surface area contributed by atoms with Gasteiger partial charge in [-0.05, 0) is 115 Å². The Balaban J connectivity index is 1.54. The molecule has 2 aliphatic carbocycles. The molecular formula is C45H49NO12. The van der Waals surface area contributed by atoms with Crippen molar-refractivity contribution in [3.05, 3.63) is 66.0 Å². The average molecular weight is 796 g/mol. The molecule has 1 atom stereocenters. The lowest BCUT2D eigenvalue weighted by Crippen LogP contribution is -2.25. The Hall–Kier alpha value is -5.37. The second-order valence-electron chi connectivity index (χ2n) is 15.5. The van der Waals surface area contributed by atoms with Gasteiger partial charge in [0.1, 0.15) is 12.4 Å². The number of ketones is 1. The predicted octanol–water partition coefficient (Wildman–Crippen LogP) is 5.59. The Kier molecular flexibility index (Phi) is 11.9. The summed E-state index contributed by atoms with van der Waals surface area (Å²) < 4.78 is 21.2.